The SMILES string of the molecule is CC(=O)Nc1ccc(CC(=O)[C@@H](C#N)c2nc3nccc(C)c3[nH]2)cc1. The van der Waals surface area contributed by atoms with Crippen molar-refractivity contribution in [3.63, 3.8) is 0 Å². The summed E-state index contributed by atoms with van der Waals surface area (Å²) in [5.41, 5.74) is 3.59. The fourth-order valence-electron chi connectivity index (χ4n) is 2.69. The molecule has 7 nitrogen and oxygen atoms in total. The van der Waals surface area contributed by atoms with E-state index in [4.69, 9.17) is 0 Å². The molecule has 0 spiro atoms. The molecule has 2 aromatic heterocycles. The molecule has 0 aliphatic rings. The van der Waals surface area contributed by atoms with Crippen molar-refractivity contribution in [1.82, 2.24) is 15.0 Å². The van der Waals surface area contributed by atoms with Crippen LogP contribution in [0.15, 0.2) is 36.5 Å². The predicted molar refractivity (Wildman–Crippen MR) is 96.4 cm³/mol. The van der Waals surface area contributed by atoms with Crippen LogP contribution in [0.5, 0.6) is 0 Å². The number of imidazole rings is 1. The van der Waals surface area contributed by atoms with Crippen molar-refractivity contribution in [1.29, 1.82) is 5.26 Å². The smallest absolute Gasteiger partial charge is 0.221 e. The second-order valence-electron chi connectivity index (χ2n) is 6.03. The van der Waals surface area contributed by atoms with Gasteiger partial charge in [-0.25, -0.2) is 9.97 Å². The van der Waals surface area contributed by atoms with E-state index < -0.39 is 5.92 Å². The molecule has 3 rings (SSSR count). The quantitative estimate of drug-likeness (QED) is 0.737. The maximum Gasteiger partial charge on any atom is 0.221 e. The zero-order chi connectivity index (χ0) is 18.7. The van der Waals surface area contributed by atoms with E-state index in [0.717, 1.165) is 16.6 Å². The van der Waals surface area contributed by atoms with Gasteiger partial charge in [0.1, 0.15) is 5.82 Å². The molecule has 0 saturated heterocycles. The second kappa shape index (κ2) is 7.15. The minimum atomic E-state index is -0.987. The number of pyridine rings is 1. The van der Waals surface area contributed by atoms with Crippen LogP contribution in [0.25, 0.3) is 11.2 Å². The summed E-state index contributed by atoms with van der Waals surface area (Å²) in [7, 11) is 0. The van der Waals surface area contributed by atoms with Crippen molar-refractivity contribution >= 4 is 28.5 Å². The second-order valence-corrected chi connectivity index (χ2v) is 6.03. The normalized spacial score (nSPS) is 11.7. The molecule has 1 amide bonds. The van der Waals surface area contributed by atoms with Gasteiger partial charge in [0, 0.05) is 25.2 Å². The van der Waals surface area contributed by atoms with Crippen LogP contribution in [-0.4, -0.2) is 26.6 Å². The highest BCUT2D eigenvalue weighted by atomic mass is 16.1. The van der Waals surface area contributed by atoms with E-state index in [9.17, 15) is 14.9 Å². The molecule has 0 unspecified atom stereocenters. The average molecular weight is 347 g/mol. The summed E-state index contributed by atoms with van der Waals surface area (Å²) in [6.45, 7) is 3.34. The first kappa shape index (κ1) is 17.3. The van der Waals surface area contributed by atoms with Crippen molar-refractivity contribution in [2.45, 2.75) is 26.2 Å². The third kappa shape index (κ3) is 3.59. The van der Waals surface area contributed by atoms with Crippen LogP contribution in [0.4, 0.5) is 5.69 Å². The van der Waals surface area contributed by atoms with Crippen molar-refractivity contribution in [3.05, 3.63) is 53.5 Å². The maximum atomic E-state index is 12.6. The first-order valence-electron chi connectivity index (χ1n) is 8.08. The fraction of sp³-hybridized carbons (Fsp3) is 0.211. The summed E-state index contributed by atoms with van der Waals surface area (Å²) in [5, 5.41) is 12.1. The van der Waals surface area contributed by atoms with Crippen molar-refractivity contribution in [2.24, 2.45) is 0 Å². The van der Waals surface area contributed by atoms with Crippen molar-refractivity contribution in [2.75, 3.05) is 5.32 Å². The van der Waals surface area contributed by atoms with E-state index >= 15 is 0 Å². The molecule has 1 aromatic carbocycles. The molecule has 130 valence electrons. The Morgan fingerprint density at radius 3 is 2.62 bits per heavy atom. The van der Waals surface area contributed by atoms with Gasteiger partial charge in [-0.05, 0) is 36.2 Å². The molecule has 3 aromatic rings. The average Bonchev–Trinajstić information content (AvgIpc) is 3.02. The lowest BCUT2D eigenvalue weighted by Gasteiger charge is -2.07. The number of anilines is 1. The minimum absolute atomic E-state index is 0.0992. The van der Waals surface area contributed by atoms with E-state index in [2.05, 4.69) is 20.3 Å². The zero-order valence-corrected chi connectivity index (χ0v) is 14.4. The molecule has 0 radical (unpaired) electrons. The van der Waals surface area contributed by atoms with Gasteiger partial charge in [0.05, 0.1) is 11.6 Å². The van der Waals surface area contributed by atoms with Gasteiger partial charge in [-0.1, -0.05) is 12.1 Å². The summed E-state index contributed by atoms with van der Waals surface area (Å²) >= 11 is 0. The Kier molecular flexibility index (Phi) is 4.76. The van der Waals surface area contributed by atoms with Gasteiger partial charge in [-0.3, -0.25) is 9.59 Å². The van der Waals surface area contributed by atoms with E-state index in [-0.39, 0.29) is 18.1 Å². The van der Waals surface area contributed by atoms with Crippen LogP contribution in [0.3, 0.4) is 0 Å². The summed E-state index contributed by atoms with van der Waals surface area (Å²) in [6.07, 6.45) is 1.74. The van der Waals surface area contributed by atoms with Gasteiger partial charge in [-0.15, -0.1) is 0 Å². The molecule has 0 aliphatic carbocycles. The summed E-state index contributed by atoms with van der Waals surface area (Å²) in [6, 6.07) is 10.8. The number of fused-ring (bicyclic) bond motifs is 1. The molecule has 1 atom stereocenters. The van der Waals surface area contributed by atoms with Crippen LogP contribution in [-0.2, 0) is 16.0 Å². The highest BCUT2D eigenvalue weighted by Gasteiger charge is 2.24. The van der Waals surface area contributed by atoms with E-state index in [0.29, 0.717) is 17.2 Å². The molecular weight excluding hydrogens is 330 g/mol. The molecule has 0 bridgehead atoms. The number of carbonyl (C=O) groups is 2. The molecule has 0 aliphatic heterocycles. The van der Waals surface area contributed by atoms with Crippen LogP contribution in [0.2, 0.25) is 0 Å². The van der Waals surface area contributed by atoms with Crippen molar-refractivity contribution in [3.8, 4) is 6.07 Å². The lowest BCUT2D eigenvalue weighted by molar-refractivity contribution is -0.119. The van der Waals surface area contributed by atoms with E-state index in [1.54, 1.807) is 30.5 Å². The van der Waals surface area contributed by atoms with Gasteiger partial charge in [0.2, 0.25) is 5.91 Å². The third-order valence-electron chi connectivity index (χ3n) is 4.00. The first-order valence-corrected chi connectivity index (χ1v) is 8.08. The van der Waals surface area contributed by atoms with Gasteiger partial charge >= 0.3 is 0 Å². The number of aromatic nitrogens is 3. The number of hydrogen-bond acceptors (Lipinski definition) is 5. The lowest BCUT2D eigenvalue weighted by atomic mass is 9.98. The Hall–Kier alpha value is -3.53. The lowest BCUT2D eigenvalue weighted by Crippen LogP contribution is -2.15. The fourth-order valence-corrected chi connectivity index (χ4v) is 2.69. The number of Topliss-reactive ketones (excluding diaryl/α,β-unsaturated/α-hetero) is 1. The molecule has 0 saturated carbocycles. The predicted octanol–water partition coefficient (Wildman–Crippen LogP) is 2.64. The number of nitrogens with zero attached hydrogens (tertiary/aromatic N) is 3. The van der Waals surface area contributed by atoms with E-state index in [1.165, 1.54) is 6.92 Å². The van der Waals surface area contributed by atoms with Crippen LogP contribution >= 0.6 is 0 Å². The summed E-state index contributed by atoms with van der Waals surface area (Å²) < 4.78 is 0. The number of benzene rings is 1. The zero-order valence-electron chi connectivity index (χ0n) is 14.4. The molecule has 2 heterocycles. The number of nitrogens with one attached hydrogen (secondary N) is 2. The number of aryl methyl sites for hydroxylation is 1. The molecule has 2 N–H and O–H groups in total. The Morgan fingerprint density at radius 2 is 2.00 bits per heavy atom. The Morgan fingerprint density at radius 1 is 1.27 bits per heavy atom. The number of nitriles is 1. The standard InChI is InChI=1S/C19H17N5O2/c1-11-7-8-21-19-17(11)23-18(24-19)15(10-20)16(26)9-13-3-5-14(6-4-13)22-12(2)25/h3-8,15H,9H2,1-2H3,(H,22,25)(H,21,23,24)/t15-/m1/s1. The molecular formula is C19H17N5O2. The highest BCUT2D eigenvalue weighted by molar-refractivity contribution is 5.91. The minimum Gasteiger partial charge on any atom is -0.339 e. The van der Waals surface area contributed by atoms with Crippen LogP contribution in [0.1, 0.15) is 29.8 Å². The molecule has 26 heavy (non-hydrogen) atoms. The number of rotatable bonds is 5. The third-order valence-corrected chi connectivity index (χ3v) is 4.00. The van der Waals surface area contributed by atoms with E-state index in [1.807, 2.05) is 19.1 Å². The topological polar surface area (TPSA) is 112 Å². The monoisotopic (exact) mass is 347 g/mol. The molecule has 7 heteroatoms. The largest absolute Gasteiger partial charge is 0.339 e. The number of carbonyl (C=O) groups excluding carboxylic acids is 2. The number of hydrogen-bond donors (Lipinski definition) is 2. The summed E-state index contributed by atoms with van der Waals surface area (Å²) in [5.74, 6) is -1.09. The van der Waals surface area contributed by atoms with Crippen molar-refractivity contribution < 1.29 is 9.59 Å². The Bertz CT molecular complexity index is 1010. The number of H-pyrrole nitrogens is 1. The van der Waals surface area contributed by atoms with Crippen LogP contribution < -0.4 is 5.32 Å². The van der Waals surface area contributed by atoms with Gasteiger partial charge in [0.25, 0.3) is 0 Å². The Balaban J connectivity index is 1.79. The van der Waals surface area contributed by atoms with Gasteiger partial charge in [-0.2, -0.15) is 5.26 Å². The number of ketones is 1. The number of amides is 1. The van der Waals surface area contributed by atoms with Gasteiger partial charge < -0.3 is 10.3 Å². The molecule has 0 fully saturated rings. The summed E-state index contributed by atoms with van der Waals surface area (Å²) in [4.78, 5) is 35.1. The number of aromatic amines is 1. The van der Waals surface area contributed by atoms with Gasteiger partial charge in [0.15, 0.2) is 17.3 Å². The highest BCUT2D eigenvalue weighted by Crippen LogP contribution is 2.21. The Labute approximate surface area is 150 Å². The first-order chi connectivity index (χ1) is 12.5. The maximum absolute atomic E-state index is 12.6. The van der Waals surface area contributed by atoms with Crippen LogP contribution in [0, 0.1) is 18.3 Å².